The van der Waals surface area contributed by atoms with E-state index >= 15 is 0 Å². The Morgan fingerprint density at radius 1 is 0.957 bits per heavy atom. The van der Waals surface area contributed by atoms with Gasteiger partial charge in [-0.05, 0) is 69.2 Å². The molecule has 1 fully saturated rings. The Labute approximate surface area is 270 Å². The summed E-state index contributed by atoms with van der Waals surface area (Å²) in [7, 11) is -1.55. The lowest BCUT2D eigenvalue weighted by molar-refractivity contribution is -0.139. The summed E-state index contributed by atoms with van der Waals surface area (Å²) < 4.78 is 60.4. The summed E-state index contributed by atoms with van der Waals surface area (Å²) in [6.45, 7) is 2.91. The van der Waals surface area contributed by atoms with E-state index in [1.807, 2.05) is 6.92 Å². The van der Waals surface area contributed by atoms with Gasteiger partial charge in [-0.25, -0.2) is 12.8 Å². The molecule has 0 aromatic heterocycles. The number of ether oxygens (including phenoxy) is 3. The van der Waals surface area contributed by atoms with Gasteiger partial charge in [0.05, 0.1) is 31.4 Å². The third-order valence-electron chi connectivity index (χ3n) is 8.07. The number of sulfonamides is 1. The molecule has 0 bridgehead atoms. The summed E-state index contributed by atoms with van der Waals surface area (Å²) in [6.07, 6.45) is 4.80. The zero-order valence-electron chi connectivity index (χ0n) is 26.7. The number of nitrogens with one attached hydrogen (secondary N) is 1. The number of benzene rings is 3. The monoisotopic (exact) mass is 655 g/mol. The number of rotatable bonds is 14. The van der Waals surface area contributed by atoms with Gasteiger partial charge in [0.25, 0.3) is 10.0 Å². The van der Waals surface area contributed by atoms with Gasteiger partial charge in [0.2, 0.25) is 11.8 Å². The third kappa shape index (κ3) is 8.28. The van der Waals surface area contributed by atoms with Crippen molar-refractivity contribution in [2.45, 2.75) is 69.5 Å². The fraction of sp³-hybridized carbons (Fsp3) is 0.412. The maximum atomic E-state index is 14.8. The number of hydrogen-bond donors (Lipinski definition) is 1. The molecule has 248 valence electrons. The van der Waals surface area contributed by atoms with Gasteiger partial charge in [-0.1, -0.05) is 37.5 Å². The second-order valence-corrected chi connectivity index (χ2v) is 13.0. The average molecular weight is 656 g/mol. The van der Waals surface area contributed by atoms with Crippen molar-refractivity contribution in [2.75, 3.05) is 31.7 Å². The standard InChI is InChI=1S/C34H42FN3O7S/c1-5-45-28-17-15-27(16-18-28)38(46(41,42)29-19-20-31(43-3)32(21-29)44-4)23-33(39)37(22-25-11-9-10-14-30(25)35)24(2)34(40)36-26-12-7-6-8-13-26/h9-11,14-21,24,26H,5-8,12-13,22-23H2,1-4H3,(H,36,40)/t24-/m0/s1. The molecule has 0 unspecified atom stereocenters. The van der Waals surface area contributed by atoms with E-state index in [-0.39, 0.29) is 40.4 Å². The summed E-state index contributed by atoms with van der Waals surface area (Å²) in [5.74, 6) is -0.564. The summed E-state index contributed by atoms with van der Waals surface area (Å²) in [6, 6.07) is 15.4. The van der Waals surface area contributed by atoms with Crippen LogP contribution < -0.4 is 23.8 Å². The minimum absolute atomic E-state index is 0.0140. The van der Waals surface area contributed by atoms with Crippen LogP contribution in [0.2, 0.25) is 0 Å². The maximum Gasteiger partial charge on any atom is 0.264 e. The van der Waals surface area contributed by atoms with Crippen LogP contribution in [0.1, 0.15) is 51.5 Å². The first-order valence-corrected chi connectivity index (χ1v) is 16.8. The van der Waals surface area contributed by atoms with Gasteiger partial charge in [-0.15, -0.1) is 0 Å². The molecule has 1 aliphatic carbocycles. The van der Waals surface area contributed by atoms with Crippen LogP contribution in [0.5, 0.6) is 17.2 Å². The normalized spacial score (nSPS) is 14.2. The minimum Gasteiger partial charge on any atom is -0.494 e. The van der Waals surface area contributed by atoms with E-state index < -0.39 is 34.3 Å². The van der Waals surface area contributed by atoms with Crippen LogP contribution in [0.15, 0.2) is 71.6 Å². The van der Waals surface area contributed by atoms with E-state index in [1.54, 1.807) is 25.1 Å². The number of carbonyl (C=O) groups excluding carboxylic acids is 2. The fourth-order valence-corrected chi connectivity index (χ4v) is 6.90. The summed E-state index contributed by atoms with van der Waals surface area (Å²) >= 11 is 0. The van der Waals surface area contributed by atoms with Crippen molar-refractivity contribution in [1.29, 1.82) is 0 Å². The lowest BCUT2D eigenvalue weighted by Crippen LogP contribution is -2.53. The number of hydrogen-bond acceptors (Lipinski definition) is 7. The molecular formula is C34H42FN3O7S. The van der Waals surface area contributed by atoms with Gasteiger partial charge in [0.15, 0.2) is 11.5 Å². The van der Waals surface area contributed by atoms with Crippen LogP contribution in [0.4, 0.5) is 10.1 Å². The molecule has 3 aromatic rings. The van der Waals surface area contributed by atoms with Crippen molar-refractivity contribution < 1.29 is 36.6 Å². The van der Waals surface area contributed by atoms with E-state index in [0.29, 0.717) is 18.1 Å². The molecule has 1 N–H and O–H groups in total. The zero-order valence-corrected chi connectivity index (χ0v) is 27.5. The highest BCUT2D eigenvalue weighted by molar-refractivity contribution is 7.92. The molecule has 0 spiro atoms. The molecule has 0 radical (unpaired) electrons. The summed E-state index contributed by atoms with van der Waals surface area (Å²) in [4.78, 5) is 28.7. The van der Waals surface area contributed by atoms with Crippen LogP contribution in [-0.2, 0) is 26.2 Å². The number of halogens is 1. The zero-order chi connectivity index (χ0) is 33.3. The lowest BCUT2D eigenvalue weighted by Gasteiger charge is -2.33. The predicted octanol–water partition coefficient (Wildman–Crippen LogP) is 5.30. The summed E-state index contributed by atoms with van der Waals surface area (Å²) in [5.41, 5.74) is 0.389. The van der Waals surface area contributed by atoms with Crippen LogP contribution in [0, 0.1) is 5.82 Å². The van der Waals surface area contributed by atoms with Crippen LogP contribution in [0.25, 0.3) is 0 Å². The van der Waals surface area contributed by atoms with Gasteiger partial charge in [-0.3, -0.25) is 13.9 Å². The molecule has 10 nitrogen and oxygen atoms in total. The van der Waals surface area contributed by atoms with Gasteiger partial charge in [0, 0.05) is 24.2 Å². The van der Waals surface area contributed by atoms with Crippen LogP contribution in [-0.4, -0.2) is 64.6 Å². The van der Waals surface area contributed by atoms with Gasteiger partial charge in [-0.2, -0.15) is 0 Å². The smallest absolute Gasteiger partial charge is 0.264 e. The highest BCUT2D eigenvalue weighted by Gasteiger charge is 2.34. The second-order valence-electron chi connectivity index (χ2n) is 11.1. The number of nitrogens with zero attached hydrogens (tertiary/aromatic N) is 2. The Morgan fingerprint density at radius 3 is 2.26 bits per heavy atom. The van der Waals surface area contributed by atoms with Crippen molar-refractivity contribution in [1.82, 2.24) is 10.2 Å². The van der Waals surface area contributed by atoms with Crippen molar-refractivity contribution in [3.63, 3.8) is 0 Å². The Morgan fingerprint density at radius 2 is 1.63 bits per heavy atom. The highest BCUT2D eigenvalue weighted by atomic mass is 32.2. The first-order chi connectivity index (χ1) is 22.1. The van der Waals surface area contributed by atoms with Gasteiger partial charge < -0.3 is 24.4 Å². The molecule has 4 rings (SSSR count). The Balaban J connectivity index is 1.72. The first-order valence-electron chi connectivity index (χ1n) is 15.4. The van der Waals surface area contributed by atoms with Crippen LogP contribution in [0.3, 0.4) is 0 Å². The van der Waals surface area contributed by atoms with Crippen LogP contribution >= 0.6 is 0 Å². The molecule has 12 heteroatoms. The Bertz CT molecular complexity index is 1590. The van der Waals surface area contributed by atoms with Crippen molar-refractivity contribution >= 4 is 27.5 Å². The predicted molar refractivity (Wildman–Crippen MR) is 173 cm³/mol. The Hall–Kier alpha value is -4.32. The highest BCUT2D eigenvalue weighted by Crippen LogP contribution is 2.33. The SMILES string of the molecule is CCOc1ccc(N(CC(=O)N(Cc2ccccc2F)[C@@H](C)C(=O)NC2CCCCC2)S(=O)(=O)c2ccc(OC)c(OC)c2)cc1. The second kappa shape index (κ2) is 15.8. The number of amides is 2. The molecule has 0 aliphatic heterocycles. The average Bonchev–Trinajstić information content (AvgIpc) is 3.07. The molecule has 2 amide bonds. The van der Waals surface area contributed by atoms with Crippen molar-refractivity contribution in [2.24, 2.45) is 0 Å². The van der Waals surface area contributed by atoms with E-state index in [4.69, 9.17) is 14.2 Å². The molecule has 0 saturated heterocycles. The lowest BCUT2D eigenvalue weighted by atomic mass is 9.95. The molecule has 1 saturated carbocycles. The van der Waals surface area contributed by atoms with E-state index in [2.05, 4.69) is 5.32 Å². The molecule has 1 atom stereocenters. The minimum atomic E-state index is -4.38. The molecule has 0 heterocycles. The summed E-state index contributed by atoms with van der Waals surface area (Å²) in [5, 5.41) is 3.04. The molecule has 1 aliphatic rings. The van der Waals surface area contributed by atoms with E-state index in [0.717, 1.165) is 36.4 Å². The maximum absolute atomic E-state index is 14.8. The molecule has 46 heavy (non-hydrogen) atoms. The number of carbonyl (C=O) groups is 2. The third-order valence-corrected chi connectivity index (χ3v) is 9.84. The Kier molecular flexibility index (Phi) is 11.9. The number of methoxy groups -OCH3 is 2. The van der Waals surface area contributed by atoms with Gasteiger partial charge in [0.1, 0.15) is 24.2 Å². The van der Waals surface area contributed by atoms with E-state index in [1.165, 1.54) is 67.7 Å². The number of anilines is 1. The van der Waals surface area contributed by atoms with E-state index in [9.17, 15) is 22.4 Å². The molecular weight excluding hydrogens is 613 g/mol. The topological polar surface area (TPSA) is 114 Å². The van der Waals surface area contributed by atoms with Gasteiger partial charge >= 0.3 is 0 Å². The fourth-order valence-electron chi connectivity index (χ4n) is 5.47. The largest absolute Gasteiger partial charge is 0.494 e. The quantitative estimate of drug-likeness (QED) is 0.251. The molecule has 3 aromatic carbocycles. The first kappa shape index (κ1) is 34.6. The van der Waals surface area contributed by atoms with Crippen molar-refractivity contribution in [3.8, 4) is 17.2 Å². The van der Waals surface area contributed by atoms with Crippen molar-refractivity contribution in [3.05, 3.63) is 78.1 Å².